The van der Waals surface area contributed by atoms with Gasteiger partial charge in [-0.3, -0.25) is 4.90 Å². The van der Waals surface area contributed by atoms with Crippen molar-refractivity contribution < 1.29 is 0 Å². The number of piperazine rings is 1. The first-order valence-electron chi connectivity index (χ1n) is 13.7. The van der Waals surface area contributed by atoms with E-state index in [1.807, 2.05) is 16.8 Å². The number of imidazole rings is 1. The van der Waals surface area contributed by atoms with E-state index in [1.54, 1.807) is 6.33 Å². The van der Waals surface area contributed by atoms with Gasteiger partial charge in [0.2, 0.25) is 5.95 Å². The minimum Gasteiger partial charge on any atom is -0.338 e. The molecule has 1 fully saturated rings. The maximum atomic E-state index is 4.86. The van der Waals surface area contributed by atoms with Gasteiger partial charge in [-0.25, -0.2) is 9.97 Å². The van der Waals surface area contributed by atoms with Gasteiger partial charge in [0.15, 0.2) is 5.65 Å². The van der Waals surface area contributed by atoms with E-state index in [4.69, 9.17) is 4.98 Å². The van der Waals surface area contributed by atoms with Crippen LogP contribution in [0.1, 0.15) is 23.1 Å². The monoisotopic (exact) mass is 514 g/mol. The van der Waals surface area contributed by atoms with Crippen LogP contribution in [0.5, 0.6) is 0 Å². The van der Waals surface area contributed by atoms with E-state index in [9.17, 15) is 0 Å². The Kier molecular flexibility index (Phi) is 7.19. The second kappa shape index (κ2) is 11.2. The molecule has 0 spiro atoms. The van der Waals surface area contributed by atoms with Crippen LogP contribution in [-0.2, 0) is 12.0 Å². The van der Waals surface area contributed by atoms with Crippen molar-refractivity contribution in [1.29, 1.82) is 0 Å². The minimum absolute atomic E-state index is 0.224. The zero-order valence-electron chi connectivity index (χ0n) is 22.2. The lowest BCUT2D eigenvalue weighted by atomic mass is 9.67. The van der Waals surface area contributed by atoms with Crippen molar-refractivity contribution in [3.8, 4) is 0 Å². The molecule has 0 aliphatic carbocycles. The number of hydrogen-bond acceptors (Lipinski definition) is 5. The number of rotatable bonds is 9. The number of hydrogen-bond donors (Lipinski definition) is 0. The van der Waals surface area contributed by atoms with Crippen LogP contribution in [0.2, 0.25) is 0 Å². The molecule has 39 heavy (non-hydrogen) atoms. The van der Waals surface area contributed by atoms with E-state index in [1.165, 1.54) is 16.7 Å². The molecule has 3 aromatic carbocycles. The second-order valence-electron chi connectivity index (χ2n) is 10.1. The van der Waals surface area contributed by atoms with Crippen LogP contribution in [0.3, 0.4) is 0 Å². The Morgan fingerprint density at radius 1 is 0.744 bits per heavy atom. The molecule has 0 radical (unpaired) electrons. The highest BCUT2D eigenvalue weighted by Gasteiger charge is 2.36. The number of fused-ring (bicyclic) bond motifs is 1. The Morgan fingerprint density at radius 2 is 1.31 bits per heavy atom. The second-order valence-corrected chi connectivity index (χ2v) is 10.1. The summed E-state index contributed by atoms with van der Waals surface area (Å²) >= 11 is 0. The first-order valence-corrected chi connectivity index (χ1v) is 13.7. The molecular formula is C33H34N6. The molecule has 5 aromatic rings. The zero-order chi connectivity index (χ0) is 26.5. The highest BCUT2D eigenvalue weighted by molar-refractivity contribution is 5.71. The number of benzene rings is 3. The number of anilines is 1. The molecule has 196 valence electrons. The van der Waals surface area contributed by atoms with Crippen molar-refractivity contribution in [3.63, 3.8) is 0 Å². The first kappa shape index (κ1) is 25.0. The smallest absolute Gasteiger partial charge is 0.227 e. The van der Waals surface area contributed by atoms with Crippen molar-refractivity contribution in [3.05, 3.63) is 133 Å². The Bertz CT molecular complexity index is 1410. The molecule has 2 aromatic heterocycles. The van der Waals surface area contributed by atoms with E-state index in [0.717, 1.165) is 56.3 Å². The molecule has 3 heterocycles. The summed E-state index contributed by atoms with van der Waals surface area (Å²) in [5.74, 6) is 0.778. The predicted octanol–water partition coefficient (Wildman–Crippen LogP) is 5.56. The third-order valence-electron chi connectivity index (χ3n) is 7.93. The molecule has 1 aliphatic heterocycles. The van der Waals surface area contributed by atoms with Crippen LogP contribution in [0.25, 0.3) is 11.2 Å². The summed E-state index contributed by atoms with van der Waals surface area (Å²) in [6.45, 7) is 9.28. The minimum atomic E-state index is -0.224. The third kappa shape index (κ3) is 4.95. The standard InChI is InChI=1S/C33H34N6/c1-2-19-39-26-35-30-25-34-32(36-31(30)39)38-23-21-37(22-24-38)20-18-33(27-12-6-3-7-13-27,28-14-8-4-9-15-28)29-16-10-5-11-17-29/h2-17,25-26H,1,18-24H2. The van der Waals surface area contributed by atoms with E-state index in [-0.39, 0.29) is 5.41 Å². The molecule has 0 N–H and O–H groups in total. The largest absolute Gasteiger partial charge is 0.338 e. The van der Waals surface area contributed by atoms with Crippen LogP contribution < -0.4 is 4.90 Å². The van der Waals surface area contributed by atoms with Gasteiger partial charge in [0.05, 0.1) is 12.5 Å². The zero-order valence-corrected chi connectivity index (χ0v) is 22.2. The molecule has 0 unspecified atom stereocenters. The van der Waals surface area contributed by atoms with Gasteiger partial charge in [0.25, 0.3) is 0 Å². The van der Waals surface area contributed by atoms with E-state index >= 15 is 0 Å². The molecule has 0 amide bonds. The van der Waals surface area contributed by atoms with Gasteiger partial charge in [0.1, 0.15) is 5.52 Å². The summed E-state index contributed by atoms with van der Waals surface area (Å²) in [6.07, 6.45) is 6.50. The molecule has 1 aliphatic rings. The lowest BCUT2D eigenvalue weighted by molar-refractivity contribution is 0.241. The van der Waals surface area contributed by atoms with Gasteiger partial charge >= 0.3 is 0 Å². The highest BCUT2D eigenvalue weighted by atomic mass is 15.3. The number of allylic oxidation sites excluding steroid dienone is 1. The summed E-state index contributed by atoms with van der Waals surface area (Å²) in [4.78, 5) is 18.8. The SMILES string of the molecule is C=CCn1cnc2cnc(N3CCN(CCC(c4ccccc4)(c4ccccc4)c4ccccc4)CC3)nc21. The summed E-state index contributed by atoms with van der Waals surface area (Å²) in [5.41, 5.74) is 5.45. The summed E-state index contributed by atoms with van der Waals surface area (Å²) in [7, 11) is 0. The molecule has 1 saturated heterocycles. The molecule has 0 bridgehead atoms. The Balaban J connectivity index is 1.23. The fourth-order valence-electron chi connectivity index (χ4n) is 5.87. The van der Waals surface area contributed by atoms with Crippen LogP contribution in [-0.4, -0.2) is 57.1 Å². The van der Waals surface area contributed by atoms with Crippen molar-refractivity contribution in [2.45, 2.75) is 18.4 Å². The molecule has 0 atom stereocenters. The Hall–Kier alpha value is -4.29. The number of nitrogens with zero attached hydrogens (tertiary/aromatic N) is 6. The van der Waals surface area contributed by atoms with Crippen LogP contribution in [0.4, 0.5) is 5.95 Å². The molecule has 6 heteroatoms. The van der Waals surface area contributed by atoms with Gasteiger partial charge in [-0.2, -0.15) is 4.98 Å². The Labute approximate surface area is 230 Å². The van der Waals surface area contributed by atoms with Crippen LogP contribution in [0.15, 0.2) is 116 Å². The van der Waals surface area contributed by atoms with Gasteiger partial charge < -0.3 is 9.47 Å². The normalized spacial score (nSPS) is 14.5. The van der Waals surface area contributed by atoms with Gasteiger partial charge in [-0.15, -0.1) is 6.58 Å². The molecular weight excluding hydrogens is 480 g/mol. The van der Waals surface area contributed by atoms with Crippen molar-refractivity contribution in [2.75, 3.05) is 37.6 Å². The topological polar surface area (TPSA) is 50.1 Å². The van der Waals surface area contributed by atoms with Gasteiger partial charge in [-0.1, -0.05) is 97.1 Å². The van der Waals surface area contributed by atoms with Gasteiger partial charge in [0, 0.05) is 38.1 Å². The maximum Gasteiger partial charge on any atom is 0.227 e. The van der Waals surface area contributed by atoms with Gasteiger partial charge in [-0.05, 0) is 29.7 Å². The average molecular weight is 515 g/mol. The first-order chi connectivity index (χ1) is 19.3. The summed E-state index contributed by atoms with van der Waals surface area (Å²) in [6, 6.07) is 33.0. The van der Waals surface area contributed by atoms with Crippen LogP contribution >= 0.6 is 0 Å². The third-order valence-corrected chi connectivity index (χ3v) is 7.93. The fourth-order valence-corrected chi connectivity index (χ4v) is 5.87. The van der Waals surface area contributed by atoms with Crippen molar-refractivity contribution in [2.24, 2.45) is 0 Å². The maximum absolute atomic E-state index is 4.86. The lowest BCUT2D eigenvalue weighted by Crippen LogP contribution is -2.48. The molecule has 0 saturated carbocycles. The van der Waals surface area contributed by atoms with Crippen molar-refractivity contribution in [1.82, 2.24) is 24.4 Å². The quantitative estimate of drug-likeness (QED) is 0.190. The average Bonchev–Trinajstić information content (AvgIpc) is 3.42. The Morgan fingerprint density at radius 3 is 1.85 bits per heavy atom. The molecule has 6 rings (SSSR count). The lowest BCUT2D eigenvalue weighted by Gasteiger charge is -2.40. The summed E-state index contributed by atoms with van der Waals surface area (Å²) < 4.78 is 2.01. The highest BCUT2D eigenvalue weighted by Crippen LogP contribution is 2.42. The summed E-state index contributed by atoms with van der Waals surface area (Å²) in [5, 5.41) is 0. The van der Waals surface area contributed by atoms with Crippen molar-refractivity contribution >= 4 is 17.1 Å². The predicted molar refractivity (Wildman–Crippen MR) is 158 cm³/mol. The van der Waals surface area contributed by atoms with Crippen LogP contribution in [0, 0.1) is 0 Å². The van der Waals surface area contributed by atoms with E-state index < -0.39 is 0 Å². The van der Waals surface area contributed by atoms with E-state index in [2.05, 4.69) is 117 Å². The fraction of sp³-hybridized carbons (Fsp3) is 0.242. The molecule has 6 nitrogen and oxygen atoms in total. The number of aromatic nitrogens is 4. The van der Waals surface area contributed by atoms with E-state index in [0.29, 0.717) is 6.54 Å².